The van der Waals surface area contributed by atoms with Gasteiger partial charge in [0.1, 0.15) is 0 Å². The number of hydrogen-bond donors (Lipinski definition) is 0. The Morgan fingerprint density at radius 2 is 1.52 bits per heavy atom. The molecule has 0 N–H and O–H groups in total. The number of piperazine rings is 1. The SMILES string of the molecule is Brc1ccc(CN2CCN(Cc3ccccn3)CC2)cc1. The number of hydrogen-bond acceptors (Lipinski definition) is 3. The molecule has 0 atom stereocenters. The standard InChI is InChI=1S/C17H20BrN3/c18-16-6-4-15(5-7-16)13-20-9-11-21(12-10-20)14-17-3-1-2-8-19-17/h1-8H,9-14H2. The first-order chi connectivity index (χ1) is 10.3. The van der Waals surface area contributed by atoms with Crippen LogP contribution >= 0.6 is 15.9 Å². The van der Waals surface area contributed by atoms with Gasteiger partial charge in [-0.05, 0) is 29.8 Å². The molecule has 2 heterocycles. The van der Waals surface area contributed by atoms with E-state index in [1.165, 1.54) is 11.3 Å². The summed E-state index contributed by atoms with van der Waals surface area (Å²) in [6.07, 6.45) is 1.87. The zero-order valence-corrected chi connectivity index (χ0v) is 13.7. The van der Waals surface area contributed by atoms with Gasteiger partial charge in [0, 0.05) is 49.9 Å². The normalized spacial score (nSPS) is 17.0. The highest BCUT2D eigenvalue weighted by Gasteiger charge is 2.17. The molecule has 0 aliphatic carbocycles. The van der Waals surface area contributed by atoms with Crippen molar-refractivity contribution in [1.82, 2.24) is 14.8 Å². The highest BCUT2D eigenvalue weighted by atomic mass is 79.9. The van der Waals surface area contributed by atoms with Crippen LogP contribution in [0.25, 0.3) is 0 Å². The molecule has 1 aromatic carbocycles. The Morgan fingerprint density at radius 1 is 0.857 bits per heavy atom. The Morgan fingerprint density at radius 3 is 2.14 bits per heavy atom. The number of rotatable bonds is 4. The summed E-state index contributed by atoms with van der Waals surface area (Å²) in [5.74, 6) is 0. The molecule has 0 bridgehead atoms. The summed E-state index contributed by atoms with van der Waals surface area (Å²) in [4.78, 5) is 9.42. The van der Waals surface area contributed by atoms with E-state index in [-0.39, 0.29) is 0 Å². The molecular formula is C17H20BrN3. The summed E-state index contributed by atoms with van der Waals surface area (Å²) in [6.45, 7) is 6.50. The first-order valence-electron chi connectivity index (χ1n) is 7.39. The maximum atomic E-state index is 4.41. The van der Waals surface area contributed by atoms with Crippen LogP contribution in [0.4, 0.5) is 0 Å². The van der Waals surface area contributed by atoms with Crippen molar-refractivity contribution in [2.75, 3.05) is 26.2 Å². The molecule has 110 valence electrons. The molecule has 0 unspecified atom stereocenters. The van der Waals surface area contributed by atoms with Crippen LogP contribution in [-0.4, -0.2) is 41.0 Å². The molecule has 1 fully saturated rings. The van der Waals surface area contributed by atoms with E-state index in [0.717, 1.165) is 43.7 Å². The van der Waals surface area contributed by atoms with Crippen LogP contribution in [0.1, 0.15) is 11.3 Å². The highest BCUT2D eigenvalue weighted by molar-refractivity contribution is 9.10. The van der Waals surface area contributed by atoms with Crippen LogP contribution in [-0.2, 0) is 13.1 Å². The van der Waals surface area contributed by atoms with Crippen molar-refractivity contribution in [2.24, 2.45) is 0 Å². The van der Waals surface area contributed by atoms with Crippen LogP contribution in [0.2, 0.25) is 0 Å². The topological polar surface area (TPSA) is 19.4 Å². The van der Waals surface area contributed by atoms with E-state index in [4.69, 9.17) is 0 Å². The molecule has 2 aromatic rings. The van der Waals surface area contributed by atoms with Gasteiger partial charge in [0.25, 0.3) is 0 Å². The van der Waals surface area contributed by atoms with Gasteiger partial charge < -0.3 is 0 Å². The maximum absolute atomic E-state index is 4.41. The Bertz CT molecular complexity index is 548. The van der Waals surface area contributed by atoms with Crippen molar-refractivity contribution >= 4 is 15.9 Å². The molecule has 3 nitrogen and oxygen atoms in total. The quantitative estimate of drug-likeness (QED) is 0.848. The van der Waals surface area contributed by atoms with Crippen LogP contribution in [0, 0.1) is 0 Å². The van der Waals surface area contributed by atoms with E-state index in [0.29, 0.717) is 0 Å². The summed E-state index contributed by atoms with van der Waals surface area (Å²) in [6, 6.07) is 14.8. The van der Waals surface area contributed by atoms with Crippen molar-refractivity contribution in [3.8, 4) is 0 Å². The number of pyridine rings is 1. The van der Waals surface area contributed by atoms with Gasteiger partial charge in [-0.2, -0.15) is 0 Å². The third-order valence-corrected chi connectivity index (χ3v) is 4.42. The predicted molar refractivity (Wildman–Crippen MR) is 88.9 cm³/mol. The first-order valence-corrected chi connectivity index (χ1v) is 8.18. The Balaban J connectivity index is 1.47. The molecule has 21 heavy (non-hydrogen) atoms. The Hall–Kier alpha value is -1.23. The zero-order chi connectivity index (χ0) is 14.5. The summed E-state index contributed by atoms with van der Waals surface area (Å²) in [5, 5.41) is 0. The third kappa shape index (κ3) is 4.37. The van der Waals surface area contributed by atoms with Gasteiger partial charge in [0.2, 0.25) is 0 Å². The van der Waals surface area contributed by atoms with Gasteiger partial charge in [-0.25, -0.2) is 0 Å². The minimum absolute atomic E-state index is 0.965. The molecule has 1 aliphatic rings. The molecule has 1 aliphatic heterocycles. The lowest BCUT2D eigenvalue weighted by Gasteiger charge is -2.34. The lowest BCUT2D eigenvalue weighted by Crippen LogP contribution is -2.45. The van der Waals surface area contributed by atoms with Crippen molar-refractivity contribution in [3.05, 3.63) is 64.4 Å². The van der Waals surface area contributed by atoms with Crippen molar-refractivity contribution < 1.29 is 0 Å². The molecule has 0 amide bonds. The van der Waals surface area contributed by atoms with Gasteiger partial charge in [-0.15, -0.1) is 0 Å². The molecular weight excluding hydrogens is 326 g/mol. The van der Waals surface area contributed by atoms with Crippen LogP contribution in [0.15, 0.2) is 53.1 Å². The van der Waals surface area contributed by atoms with Gasteiger partial charge in [0.15, 0.2) is 0 Å². The fourth-order valence-corrected chi connectivity index (χ4v) is 2.94. The van der Waals surface area contributed by atoms with Crippen molar-refractivity contribution in [2.45, 2.75) is 13.1 Å². The summed E-state index contributed by atoms with van der Waals surface area (Å²) in [5.41, 5.74) is 2.55. The molecule has 4 heteroatoms. The van der Waals surface area contributed by atoms with Crippen LogP contribution in [0.3, 0.4) is 0 Å². The number of benzene rings is 1. The summed E-state index contributed by atoms with van der Waals surface area (Å²) >= 11 is 3.48. The predicted octanol–water partition coefficient (Wildman–Crippen LogP) is 3.16. The third-order valence-electron chi connectivity index (χ3n) is 3.90. The van der Waals surface area contributed by atoms with Crippen LogP contribution < -0.4 is 0 Å². The lowest BCUT2D eigenvalue weighted by atomic mass is 10.2. The second kappa shape index (κ2) is 7.16. The molecule has 3 rings (SSSR count). The van der Waals surface area contributed by atoms with Gasteiger partial charge in [0.05, 0.1) is 5.69 Å². The molecule has 1 aromatic heterocycles. The van der Waals surface area contributed by atoms with E-state index < -0.39 is 0 Å². The first kappa shape index (κ1) is 14.7. The summed E-state index contributed by atoms with van der Waals surface area (Å²) < 4.78 is 1.14. The van der Waals surface area contributed by atoms with Gasteiger partial charge in [-0.1, -0.05) is 34.1 Å². The summed E-state index contributed by atoms with van der Waals surface area (Å²) in [7, 11) is 0. The minimum atomic E-state index is 0.965. The van der Waals surface area contributed by atoms with Gasteiger partial charge in [-0.3, -0.25) is 14.8 Å². The van der Waals surface area contributed by atoms with E-state index in [2.05, 4.69) is 67.1 Å². The Kier molecular flexibility index (Phi) is 5.01. The lowest BCUT2D eigenvalue weighted by molar-refractivity contribution is 0.121. The number of halogens is 1. The zero-order valence-electron chi connectivity index (χ0n) is 12.1. The van der Waals surface area contributed by atoms with Crippen molar-refractivity contribution in [3.63, 3.8) is 0 Å². The fourth-order valence-electron chi connectivity index (χ4n) is 2.67. The monoisotopic (exact) mass is 345 g/mol. The number of aromatic nitrogens is 1. The Labute approximate surface area is 134 Å². The molecule has 0 saturated carbocycles. The van der Waals surface area contributed by atoms with E-state index in [9.17, 15) is 0 Å². The smallest absolute Gasteiger partial charge is 0.0543 e. The minimum Gasteiger partial charge on any atom is -0.297 e. The fraction of sp³-hybridized carbons (Fsp3) is 0.353. The van der Waals surface area contributed by atoms with Crippen LogP contribution in [0.5, 0.6) is 0 Å². The van der Waals surface area contributed by atoms with Gasteiger partial charge >= 0.3 is 0 Å². The van der Waals surface area contributed by atoms with E-state index in [1.807, 2.05) is 12.3 Å². The highest BCUT2D eigenvalue weighted by Crippen LogP contribution is 2.14. The molecule has 0 spiro atoms. The van der Waals surface area contributed by atoms with Crippen molar-refractivity contribution in [1.29, 1.82) is 0 Å². The van der Waals surface area contributed by atoms with E-state index >= 15 is 0 Å². The molecule has 0 radical (unpaired) electrons. The average molecular weight is 346 g/mol. The number of nitrogens with zero attached hydrogens (tertiary/aromatic N) is 3. The molecule has 1 saturated heterocycles. The maximum Gasteiger partial charge on any atom is 0.0543 e. The second-order valence-corrected chi connectivity index (χ2v) is 6.42. The second-order valence-electron chi connectivity index (χ2n) is 5.50. The van der Waals surface area contributed by atoms with E-state index in [1.54, 1.807) is 0 Å². The largest absolute Gasteiger partial charge is 0.297 e. The average Bonchev–Trinajstić information content (AvgIpc) is 2.53.